The van der Waals surface area contributed by atoms with E-state index in [4.69, 9.17) is 23.2 Å². The van der Waals surface area contributed by atoms with Crippen LogP contribution in [0.1, 0.15) is 43.2 Å². The van der Waals surface area contributed by atoms with E-state index >= 15 is 4.39 Å². The van der Waals surface area contributed by atoms with E-state index in [1.54, 1.807) is 12.1 Å². The van der Waals surface area contributed by atoms with E-state index in [1.807, 2.05) is 30.3 Å². The van der Waals surface area contributed by atoms with E-state index in [9.17, 15) is 18.0 Å². The van der Waals surface area contributed by atoms with Crippen molar-refractivity contribution in [1.29, 1.82) is 0 Å². The molecule has 2 amide bonds. The summed E-state index contributed by atoms with van der Waals surface area (Å²) in [6, 6.07) is 18.4. The first-order valence-corrected chi connectivity index (χ1v) is 16.6. The third-order valence-corrected chi connectivity index (χ3v) is 10.1. The number of amides is 2. The Labute approximate surface area is 268 Å². The first-order valence-electron chi connectivity index (χ1n) is 14.5. The number of hydrogen-bond acceptors (Lipinski definition) is 4. The average molecular weight is 664 g/mol. The highest BCUT2D eigenvalue weighted by Gasteiger charge is 2.36. The van der Waals surface area contributed by atoms with Crippen molar-refractivity contribution in [3.05, 3.63) is 99.8 Å². The summed E-state index contributed by atoms with van der Waals surface area (Å²) in [7, 11) is -1.72. The summed E-state index contributed by atoms with van der Waals surface area (Å²) in [4.78, 5) is 29.7. The SMILES string of the molecule is CN(C)S(=O)(=O)N(CC(=O)N(Cc1ccc(Cl)cc1Cl)C(Cc1ccccc1)C(=O)NC1CCCCC1)c1ccccc1F. The van der Waals surface area contributed by atoms with Crippen LogP contribution in [-0.4, -0.2) is 62.2 Å². The van der Waals surface area contributed by atoms with E-state index < -0.39 is 34.5 Å². The number of carbonyl (C=O) groups is 2. The lowest BCUT2D eigenvalue weighted by Gasteiger charge is -2.35. The maximum absolute atomic E-state index is 15.0. The van der Waals surface area contributed by atoms with Crippen molar-refractivity contribution in [2.75, 3.05) is 24.9 Å². The average Bonchev–Trinajstić information content (AvgIpc) is 3.00. The summed E-state index contributed by atoms with van der Waals surface area (Å²) in [5.41, 5.74) is 1.04. The number of nitrogens with one attached hydrogen (secondary N) is 1. The van der Waals surface area contributed by atoms with Gasteiger partial charge in [-0.05, 0) is 48.2 Å². The predicted octanol–water partition coefficient (Wildman–Crippen LogP) is 5.83. The van der Waals surface area contributed by atoms with E-state index in [-0.39, 0.29) is 35.6 Å². The molecule has 1 N–H and O–H groups in total. The normalized spacial score (nSPS) is 14.7. The molecule has 1 aliphatic rings. The molecule has 0 bridgehead atoms. The minimum absolute atomic E-state index is 0.0328. The van der Waals surface area contributed by atoms with Crippen LogP contribution in [0.4, 0.5) is 10.1 Å². The quantitative estimate of drug-likeness (QED) is 0.264. The molecular formula is C32H37Cl2FN4O4S. The van der Waals surface area contributed by atoms with Gasteiger partial charge in [-0.1, -0.05) is 91.0 Å². The van der Waals surface area contributed by atoms with Crippen LogP contribution < -0.4 is 9.62 Å². The molecule has 3 aromatic carbocycles. The van der Waals surface area contributed by atoms with Crippen LogP contribution in [0.3, 0.4) is 0 Å². The lowest BCUT2D eigenvalue weighted by Crippen LogP contribution is -2.55. The van der Waals surface area contributed by atoms with Crippen molar-refractivity contribution in [2.45, 2.75) is 57.2 Å². The van der Waals surface area contributed by atoms with Gasteiger partial charge in [0.05, 0.1) is 5.69 Å². The van der Waals surface area contributed by atoms with Gasteiger partial charge in [-0.2, -0.15) is 12.7 Å². The van der Waals surface area contributed by atoms with E-state index in [0.29, 0.717) is 10.6 Å². The molecule has 0 radical (unpaired) electrons. The number of nitrogens with zero attached hydrogens (tertiary/aromatic N) is 3. The molecule has 1 aliphatic carbocycles. The molecule has 0 saturated heterocycles. The lowest BCUT2D eigenvalue weighted by molar-refractivity contribution is -0.140. The first-order chi connectivity index (χ1) is 21.0. The highest BCUT2D eigenvalue weighted by atomic mass is 35.5. The minimum Gasteiger partial charge on any atom is -0.352 e. The largest absolute Gasteiger partial charge is 0.352 e. The molecule has 1 fully saturated rings. The molecule has 4 rings (SSSR count). The summed E-state index contributed by atoms with van der Waals surface area (Å²) in [6.45, 7) is -0.869. The number of halogens is 3. The van der Waals surface area contributed by atoms with Gasteiger partial charge in [-0.25, -0.2) is 8.70 Å². The molecule has 8 nitrogen and oxygen atoms in total. The molecule has 0 aromatic heterocycles. The summed E-state index contributed by atoms with van der Waals surface area (Å²) in [5, 5.41) is 3.82. The fourth-order valence-corrected chi connectivity index (χ4v) is 6.82. The number of anilines is 1. The molecule has 0 spiro atoms. The third-order valence-electron chi connectivity index (χ3n) is 7.72. The number of rotatable bonds is 12. The van der Waals surface area contributed by atoms with Gasteiger partial charge in [-0.3, -0.25) is 9.59 Å². The Bertz CT molecular complexity index is 1550. The fourth-order valence-electron chi connectivity index (χ4n) is 5.29. The summed E-state index contributed by atoms with van der Waals surface area (Å²) in [6.07, 6.45) is 4.93. The van der Waals surface area contributed by atoms with Gasteiger partial charge in [0, 0.05) is 43.1 Å². The van der Waals surface area contributed by atoms with Crippen LogP contribution in [0.2, 0.25) is 10.0 Å². The van der Waals surface area contributed by atoms with E-state index in [0.717, 1.165) is 52.3 Å². The second-order valence-electron chi connectivity index (χ2n) is 11.1. The van der Waals surface area contributed by atoms with Crippen LogP contribution in [0.25, 0.3) is 0 Å². The number of hydrogen-bond donors (Lipinski definition) is 1. The van der Waals surface area contributed by atoms with Gasteiger partial charge in [0.2, 0.25) is 11.8 Å². The van der Waals surface area contributed by atoms with Crippen molar-refractivity contribution in [3.63, 3.8) is 0 Å². The predicted molar refractivity (Wildman–Crippen MR) is 172 cm³/mol. The molecule has 236 valence electrons. The Balaban J connectivity index is 1.78. The van der Waals surface area contributed by atoms with Gasteiger partial charge in [0.15, 0.2) is 0 Å². The van der Waals surface area contributed by atoms with Crippen molar-refractivity contribution in [2.24, 2.45) is 0 Å². The molecule has 3 aromatic rings. The Hall–Kier alpha value is -3.18. The monoisotopic (exact) mass is 662 g/mol. The topological polar surface area (TPSA) is 90.0 Å². The van der Waals surface area contributed by atoms with Gasteiger partial charge in [0.25, 0.3) is 0 Å². The minimum atomic E-state index is -4.32. The van der Waals surface area contributed by atoms with Crippen LogP contribution in [0.5, 0.6) is 0 Å². The molecular weight excluding hydrogens is 626 g/mol. The number of carbonyl (C=O) groups excluding carboxylic acids is 2. The smallest absolute Gasteiger partial charge is 0.304 e. The molecule has 1 unspecified atom stereocenters. The van der Waals surface area contributed by atoms with E-state index in [1.165, 1.54) is 43.3 Å². The molecule has 0 heterocycles. The molecule has 1 saturated carbocycles. The molecule has 44 heavy (non-hydrogen) atoms. The van der Waals surface area contributed by atoms with Gasteiger partial charge >= 0.3 is 10.2 Å². The fraction of sp³-hybridized carbons (Fsp3) is 0.375. The Morgan fingerprint density at radius 1 is 0.955 bits per heavy atom. The highest BCUT2D eigenvalue weighted by molar-refractivity contribution is 7.90. The Morgan fingerprint density at radius 3 is 2.25 bits per heavy atom. The lowest BCUT2D eigenvalue weighted by atomic mass is 9.94. The van der Waals surface area contributed by atoms with Crippen molar-refractivity contribution in [1.82, 2.24) is 14.5 Å². The number of benzene rings is 3. The Morgan fingerprint density at radius 2 is 1.61 bits per heavy atom. The van der Waals surface area contributed by atoms with Crippen molar-refractivity contribution >= 4 is 50.9 Å². The summed E-state index contributed by atoms with van der Waals surface area (Å²) in [5.74, 6) is -1.87. The maximum Gasteiger partial charge on any atom is 0.304 e. The van der Waals surface area contributed by atoms with Gasteiger partial charge in [-0.15, -0.1) is 0 Å². The van der Waals surface area contributed by atoms with Crippen LogP contribution in [-0.2, 0) is 32.8 Å². The van der Waals surface area contributed by atoms with Crippen molar-refractivity contribution < 1.29 is 22.4 Å². The molecule has 12 heteroatoms. The third kappa shape index (κ3) is 8.50. The summed E-state index contributed by atoms with van der Waals surface area (Å²) < 4.78 is 43.5. The number of para-hydroxylation sites is 1. The first kappa shape index (κ1) is 33.7. The zero-order valence-corrected chi connectivity index (χ0v) is 27.1. The Kier molecular flexibility index (Phi) is 11.6. The second-order valence-corrected chi connectivity index (χ2v) is 14.0. The molecule has 0 aliphatic heterocycles. The maximum atomic E-state index is 15.0. The highest BCUT2D eigenvalue weighted by Crippen LogP contribution is 2.27. The van der Waals surface area contributed by atoms with Gasteiger partial charge in [0.1, 0.15) is 18.4 Å². The zero-order chi connectivity index (χ0) is 31.9. The van der Waals surface area contributed by atoms with E-state index in [2.05, 4.69) is 5.32 Å². The van der Waals surface area contributed by atoms with Crippen LogP contribution >= 0.6 is 23.2 Å². The molecule has 1 atom stereocenters. The van der Waals surface area contributed by atoms with Crippen LogP contribution in [0.15, 0.2) is 72.8 Å². The standard InChI is InChI=1S/C32H37Cl2FN4O4S/c1-37(2)44(42,43)39(29-16-10-9-15-28(29)35)22-31(40)38(21-24-17-18-25(33)20-27(24)34)30(19-23-11-5-3-6-12-23)32(41)36-26-13-7-4-8-14-26/h3,5-6,9-12,15-18,20,26,30H,4,7-8,13-14,19,21-22H2,1-2H3,(H,36,41). The summed E-state index contributed by atoms with van der Waals surface area (Å²) >= 11 is 12.7. The second kappa shape index (κ2) is 15.2. The van der Waals surface area contributed by atoms with Crippen molar-refractivity contribution in [3.8, 4) is 0 Å². The van der Waals surface area contributed by atoms with Crippen LogP contribution in [0, 0.1) is 5.82 Å². The van der Waals surface area contributed by atoms with Gasteiger partial charge < -0.3 is 10.2 Å². The zero-order valence-electron chi connectivity index (χ0n) is 24.8.